The highest BCUT2D eigenvalue weighted by molar-refractivity contribution is 9.10. The average Bonchev–Trinajstić information content (AvgIpc) is 2.27. The second kappa shape index (κ2) is 5.27. The number of benzene rings is 2. The van der Waals surface area contributed by atoms with Crippen molar-refractivity contribution in [3.05, 3.63) is 64.1 Å². The van der Waals surface area contributed by atoms with E-state index < -0.39 is 11.6 Å². The minimum absolute atomic E-state index is 0.186. The first-order chi connectivity index (χ1) is 8.13. The van der Waals surface area contributed by atoms with Gasteiger partial charge in [0.2, 0.25) is 0 Å². The van der Waals surface area contributed by atoms with Crippen molar-refractivity contribution in [3.8, 4) is 5.75 Å². The average molecular weight is 299 g/mol. The van der Waals surface area contributed by atoms with Crippen molar-refractivity contribution in [2.75, 3.05) is 0 Å². The molecule has 2 aromatic carbocycles. The highest BCUT2D eigenvalue weighted by Gasteiger charge is 2.01. The first kappa shape index (κ1) is 12.0. The molecule has 17 heavy (non-hydrogen) atoms. The van der Waals surface area contributed by atoms with E-state index in [1.165, 1.54) is 0 Å². The van der Waals surface area contributed by atoms with Crippen LogP contribution in [0, 0.1) is 11.6 Å². The molecule has 0 amide bonds. The summed E-state index contributed by atoms with van der Waals surface area (Å²) < 4.78 is 32.0. The summed E-state index contributed by atoms with van der Waals surface area (Å²) in [5, 5.41) is 0. The van der Waals surface area contributed by atoms with Crippen LogP contribution in [-0.2, 0) is 6.61 Å². The number of halogens is 3. The van der Waals surface area contributed by atoms with E-state index in [1.54, 1.807) is 0 Å². The van der Waals surface area contributed by atoms with Crippen molar-refractivity contribution < 1.29 is 13.5 Å². The van der Waals surface area contributed by atoms with E-state index in [0.29, 0.717) is 0 Å². The predicted octanol–water partition coefficient (Wildman–Crippen LogP) is 4.31. The van der Waals surface area contributed by atoms with Gasteiger partial charge in [0, 0.05) is 22.7 Å². The largest absolute Gasteiger partial charge is 0.489 e. The fourth-order valence-electron chi connectivity index (χ4n) is 1.36. The first-order valence-corrected chi connectivity index (χ1v) is 5.76. The molecule has 2 rings (SSSR count). The van der Waals surface area contributed by atoms with Gasteiger partial charge in [-0.1, -0.05) is 28.1 Å². The van der Waals surface area contributed by atoms with Crippen LogP contribution in [-0.4, -0.2) is 0 Å². The van der Waals surface area contributed by atoms with Crippen LogP contribution >= 0.6 is 15.9 Å². The third-order valence-corrected chi connectivity index (χ3v) is 2.68. The molecule has 0 atom stereocenters. The monoisotopic (exact) mass is 298 g/mol. The molecule has 0 heterocycles. The third kappa shape index (κ3) is 3.53. The Bertz CT molecular complexity index is 491. The normalized spacial score (nSPS) is 10.3. The maximum absolute atomic E-state index is 12.9. The SMILES string of the molecule is Fc1cc(F)cc(OCc2ccc(Br)cc2)c1. The van der Waals surface area contributed by atoms with Crippen LogP contribution in [0.3, 0.4) is 0 Å². The molecule has 0 saturated heterocycles. The van der Waals surface area contributed by atoms with E-state index in [0.717, 1.165) is 28.2 Å². The van der Waals surface area contributed by atoms with Gasteiger partial charge in [-0.2, -0.15) is 0 Å². The standard InChI is InChI=1S/C13H9BrF2O/c14-10-3-1-9(2-4-10)8-17-13-6-11(15)5-12(16)7-13/h1-7H,8H2. The van der Waals surface area contributed by atoms with Gasteiger partial charge in [-0.15, -0.1) is 0 Å². The number of ether oxygens (including phenoxy) is 1. The molecule has 0 aliphatic carbocycles. The van der Waals surface area contributed by atoms with Gasteiger partial charge >= 0.3 is 0 Å². The Labute approximate surface area is 106 Å². The molecule has 0 N–H and O–H groups in total. The van der Waals surface area contributed by atoms with E-state index in [4.69, 9.17) is 4.74 Å². The summed E-state index contributed by atoms with van der Waals surface area (Å²) in [6, 6.07) is 10.6. The Morgan fingerprint density at radius 1 is 0.941 bits per heavy atom. The predicted molar refractivity (Wildman–Crippen MR) is 64.8 cm³/mol. The lowest BCUT2D eigenvalue weighted by Crippen LogP contribution is -1.96. The maximum atomic E-state index is 12.9. The zero-order valence-corrected chi connectivity index (χ0v) is 10.4. The zero-order chi connectivity index (χ0) is 12.3. The molecule has 2 aromatic rings. The summed E-state index contributed by atoms with van der Waals surface area (Å²) in [6.07, 6.45) is 0. The minimum Gasteiger partial charge on any atom is -0.489 e. The molecule has 0 spiro atoms. The van der Waals surface area contributed by atoms with Gasteiger partial charge in [-0.3, -0.25) is 0 Å². The lowest BCUT2D eigenvalue weighted by Gasteiger charge is -2.06. The van der Waals surface area contributed by atoms with Crippen molar-refractivity contribution in [1.29, 1.82) is 0 Å². The minimum atomic E-state index is -0.643. The molecule has 0 saturated carbocycles. The Kier molecular flexibility index (Phi) is 3.74. The van der Waals surface area contributed by atoms with E-state index in [9.17, 15) is 8.78 Å². The van der Waals surface area contributed by atoms with Crippen LogP contribution in [0.1, 0.15) is 5.56 Å². The fourth-order valence-corrected chi connectivity index (χ4v) is 1.62. The summed E-state index contributed by atoms with van der Waals surface area (Å²) in [4.78, 5) is 0. The van der Waals surface area contributed by atoms with Gasteiger partial charge < -0.3 is 4.74 Å². The Balaban J connectivity index is 2.04. The highest BCUT2D eigenvalue weighted by Crippen LogP contribution is 2.17. The van der Waals surface area contributed by atoms with Gasteiger partial charge in [-0.25, -0.2) is 8.78 Å². The van der Waals surface area contributed by atoms with E-state index in [1.807, 2.05) is 24.3 Å². The van der Waals surface area contributed by atoms with Crippen LogP contribution in [0.4, 0.5) is 8.78 Å². The second-order valence-electron chi connectivity index (χ2n) is 3.52. The smallest absolute Gasteiger partial charge is 0.129 e. The molecule has 88 valence electrons. The second-order valence-corrected chi connectivity index (χ2v) is 4.44. The van der Waals surface area contributed by atoms with Gasteiger partial charge in [0.15, 0.2) is 0 Å². The quantitative estimate of drug-likeness (QED) is 0.820. The van der Waals surface area contributed by atoms with E-state index in [2.05, 4.69) is 15.9 Å². The lowest BCUT2D eigenvalue weighted by molar-refractivity contribution is 0.302. The molecule has 0 bridgehead atoms. The Morgan fingerprint density at radius 3 is 2.12 bits per heavy atom. The van der Waals surface area contributed by atoms with Crippen molar-refractivity contribution in [3.63, 3.8) is 0 Å². The van der Waals surface area contributed by atoms with Gasteiger partial charge in [-0.05, 0) is 17.7 Å². The van der Waals surface area contributed by atoms with Crippen molar-refractivity contribution in [2.45, 2.75) is 6.61 Å². The molecule has 0 unspecified atom stereocenters. The number of hydrogen-bond acceptors (Lipinski definition) is 1. The highest BCUT2D eigenvalue weighted by atomic mass is 79.9. The molecule has 0 aromatic heterocycles. The number of hydrogen-bond donors (Lipinski definition) is 0. The topological polar surface area (TPSA) is 9.23 Å². The summed E-state index contributed by atoms with van der Waals surface area (Å²) in [5.74, 6) is -1.10. The summed E-state index contributed by atoms with van der Waals surface area (Å²) in [7, 11) is 0. The molecule has 0 radical (unpaired) electrons. The van der Waals surface area contributed by atoms with Crippen LogP contribution in [0.2, 0.25) is 0 Å². The molecular weight excluding hydrogens is 290 g/mol. The van der Waals surface area contributed by atoms with Crippen LogP contribution < -0.4 is 4.74 Å². The number of rotatable bonds is 3. The van der Waals surface area contributed by atoms with Gasteiger partial charge in [0.1, 0.15) is 24.0 Å². The molecular formula is C13H9BrF2O. The molecule has 1 nitrogen and oxygen atoms in total. The zero-order valence-electron chi connectivity index (χ0n) is 8.79. The van der Waals surface area contributed by atoms with Crippen molar-refractivity contribution in [1.82, 2.24) is 0 Å². The molecule has 0 aliphatic heterocycles. The first-order valence-electron chi connectivity index (χ1n) is 4.97. The van der Waals surface area contributed by atoms with Gasteiger partial charge in [0.25, 0.3) is 0 Å². The van der Waals surface area contributed by atoms with Crippen LogP contribution in [0.5, 0.6) is 5.75 Å². The Morgan fingerprint density at radius 2 is 1.53 bits per heavy atom. The summed E-state index contributed by atoms with van der Waals surface area (Å²) in [5.41, 5.74) is 0.929. The molecule has 0 fully saturated rings. The van der Waals surface area contributed by atoms with Crippen LogP contribution in [0.15, 0.2) is 46.9 Å². The van der Waals surface area contributed by atoms with E-state index in [-0.39, 0.29) is 12.4 Å². The fraction of sp³-hybridized carbons (Fsp3) is 0.0769. The lowest BCUT2D eigenvalue weighted by atomic mass is 10.2. The summed E-state index contributed by atoms with van der Waals surface area (Å²) in [6.45, 7) is 0.274. The van der Waals surface area contributed by atoms with Crippen LogP contribution in [0.25, 0.3) is 0 Å². The van der Waals surface area contributed by atoms with E-state index >= 15 is 0 Å². The Hall–Kier alpha value is -1.42. The summed E-state index contributed by atoms with van der Waals surface area (Å²) >= 11 is 3.32. The maximum Gasteiger partial charge on any atom is 0.129 e. The van der Waals surface area contributed by atoms with Crippen molar-refractivity contribution in [2.24, 2.45) is 0 Å². The molecule has 4 heteroatoms. The third-order valence-electron chi connectivity index (χ3n) is 2.15. The molecule has 0 aliphatic rings. The van der Waals surface area contributed by atoms with Gasteiger partial charge in [0.05, 0.1) is 0 Å². The van der Waals surface area contributed by atoms with Crippen molar-refractivity contribution >= 4 is 15.9 Å².